The van der Waals surface area contributed by atoms with E-state index in [2.05, 4.69) is 17.0 Å². The molecule has 4 rings (SSSR count). The average Bonchev–Trinajstić information content (AvgIpc) is 3.25. The zero-order chi connectivity index (χ0) is 17.1. The summed E-state index contributed by atoms with van der Waals surface area (Å²) in [6.07, 6.45) is 2.48. The number of benzene rings is 1. The Labute approximate surface area is 149 Å². The summed E-state index contributed by atoms with van der Waals surface area (Å²) in [5, 5.41) is 9.10. The number of fused-ring (bicyclic) bond motifs is 1. The first-order chi connectivity index (χ1) is 12.3. The summed E-state index contributed by atoms with van der Waals surface area (Å²) in [5.41, 5.74) is 1.91. The first kappa shape index (κ1) is 17.0. The second kappa shape index (κ2) is 7.84. The van der Waals surface area contributed by atoms with Crippen LogP contribution in [0.25, 0.3) is 0 Å². The molecule has 0 spiro atoms. The minimum atomic E-state index is 0.259. The maximum absolute atomic E-state index is 9.10. The highest BCUT2D eigenvalue weighted by atomic mass is 16.5. The Kier molecular flexibility index (Phi) is 5.33. The second-order valence-corrected chi connectivity index (χ2v) is 7.44. The molecule has 5 nitrogen and oxygen atoms in total. The average molecular weight is 342 g/mol. The number of rotatable bonds is 5. The van der Waals surface area contributed by atoms with Gasteiger partial charge in [0.2, 0.25) is 0 Å². The summed E-state index contributed by atoms with van der Waals surface area (Å²) < 4.78 is 17.5. The van der Waals surface area contributed by atoms with Crippen LogP contribution in [0.1, 0.15) is 24.0 Å². The first-order valence-electron chi connectivity index (χ1n) is 9.33. The van der Waals surface area contributed by atoms with E-state index in [9.17, 15) is 0 Å². The van der Waals surface area contributed by atoms with Crippen LogP contribution in [0, 0.1) is 23.2 Å². The monoisotopic (exact) mass is 342 g/mol. The predicted molar refractivity (Wildman–Crippen MR) is 92.9 cm³/mol. The third-order valence-electron chi connectivity index (χ3n) is 5.78. The van der Waals surface area contributed by atoms with Gasteiger partial charge in [0.1, 0.15) is 0 Å². The molecule has 0 aromatic heterocycles. The highest BCUT2D eigenvalue weighted by molar-refractivity contribution is 5.32. The van der Waals surface area contributed by atoms with Crippen molar-refractivity contribution in [1.29, 1.82) is 5.26 Å². The molecular formula is C20H26N2O3. The van der Waals surface area contributed by atoms with Gasteiger partial charge >= 0.3 is 0 Å². The zero-order valence-corrected chi connectivity index (χ0v) is 14.6. The molecule has 3 atom stereocenters. The lowest BCUT2D eigenvalue weighted by Crippen LogP contribution is -2.32. The molecule has 3 heterocycles. The van der Waals surface area contributed by atoms with Crippen LogP contribution in [-0.4, -0.2) is 56.6 Å². The van der Waals surface area contributed by atoms with Crippen molar-refractivity contribution in [3.8, 4) is 6.07 Å². The smallest absolute Gasteiger partial charge is 0.0991 e. The molecule has 1 aromatic carbocycles. The molecule has 3 aliphatic heterocycles. The van der Waals surface area contributed by atoms with Gasteiger partial charge in [0.25, 0.3) is 0 Å². The Bertz CT molecular complexity index is 624. The van der Waals surface area contributed by atoms with Crippen LogP contribution in [0.2, 0.25) is 0 Å². The van der Waals surface area contributed by atoms with E-state index in [0.29, 0.717) is 17.9 Å². The highest BCUT2D eigenvalue weighted by Gasteiger charge is 2.46. The van der Waals surface area contributed by atoms with Crippen LogP contribution in [0.15, 0.2) is 24.3 Å². The molecule has 0 amide bonds. The molecule has 0 aliphatic carbocycles. The van der Waals surface area contributed by atoms with Gasteiger partial charge in [-0.15, -0.1) is 0 Å². The normalized spacial score (nSPS) is 30.3. The maximum Gasteiger partial charge on any atom is 0.0991 e. The van der Waals surface area contributed by atoms with Crippen molar-refractivity contribution in [2.45, 2.75) is 31.5 Å². The van der Waals surface area contributed by atoms with E-state index in [4.69, 9.17) is 19.5 Å². The van der Waals surface area contributed by atoms with Crippen LogP contribution < -0.4 is 0 Å². The topological polar surface area (TPSA) is 54.7 Å². The summed E-state index contributed by atoms with van der Waals surface area (Å²) in [6, 6.07) is 10.6. The Morgan fingerprint density at radius 2 is 2.08 bits per heavy atom. The number of hydrogen-bond donors (Lipinski definition) is 0. The highest BCUT2D eigenvalue weighted by Crippen LogP contribution is 2.34. The molecule has 5 heteroatoms. The number of ether oxygens (including phenoxy) is 3. The van der Waals surface area contributed by atoms with Crippen LogP contribution in [0.3, 0.4) is 0 Å². The quantitative estimate of drug-likeness (QED) is 0.821. The minimum absolute atomic E-state index is 0.259. The van der Waals surface area contributed by atoms with Crippen LogP contribution >= 0.6 is 0 Å². The fraction of sp³-hybridized carbons (Fsp3) is 0.650. The van der Waals surface area contributed by atoms with Gasteiger partial charge in [-0.2, -0.15) is 5.26 Å². The van der Waals surface area contributed by atoms with Crippen LogP contribution in [0.5, 0.6) is 0 Å². The van der Waals surface area contributed by atoms with Crippen molar-refractivity contribution in [2.75, 3.05) is 39.6 Å². The fourth-order valence-electron chi connectivity index (χ4n) is 4.30. The van der Waals surface area contributed by atoms with E-state index < -0.39 is 0 Å². The molecule has 0 radical (unpaired) electrons. The standard InChI is InChI=1S/C20H26N2O3/c21-9-16-2-1-3-17(8-16)10-22-11-20(18-13-24-14-19(18)22)25-12-15-4-6-23-7-5-15/h1-3,8,15,18-20H,4-7,10-14H2/t18-,19+,20-/m1/s1. The summed E-state index contributed by atoms with van der Waals surface area (Å²) in [4.78, 5) is 2.48. The molecule has 0 bridgehead atoms. The van der Waals surface area contributed by atoms with Gasteiger partial charge in [0.15, 0.2) is 0 Å². The van der Waals surface area contributed by atoms with Crippen molar-refractivity contribution in [3.05, 3.63) is 35.4 Å². The Balaban J connectivity index is 1.37. The third-order valence-corrected chi connectivity index (χ3v) is 5.78. The Morgan fingerprint density at radius 3 is 2.92 bits per heavy atom. The summed E-state index contributed by atoms with van der Waals surface area (Å²) >= 11 is 0. The lowest BCUT2D eigenvalue weighted by atomic mass is 10.00. The molecule has 3 fully saturated rings. The number of nitrogens with zero attached hydrogens (tertiary/aromatic N) is 2. The summed E-state index contributed by atoms with van der Waals surface area (Å²) in [7, 11) is 0. The number of hydrogen-bond acceptors (Lipinski definition) is 5. The van der Waals surface area contributed by atoms with Gasteiger partial charge < -0.3 is 14.2 Å². The summed E-state index contributed by atoms with van der Waals surface area (Å²) in [6.45, 7) is 5.99. The van der Waals surface area contributed by atoms with Gasteiger partial charge in [-0.3, -0.25) is 4.90 Å². The van der Waals surface area contributed by atoms with E-state index in [1.807, 2.05) is 18.2 Å². The van der Waals surface area contributed by atoms with Gasteiger partial charge in [-0.05, 0) is 36.5 Å². The van der Waals surface area contributed by atoms with E-state index >= 15 is 0 Å². The molecule has 1 aromatic rings. The van der Waals surface area contributed by atoms with Crippen molar-refractivity contribution < 1.29 is 14.2 Å². The Morgan fingerprint density at radius 1 is 1.20 bits per heavy atom. The third kappa shape index (κ3) is 3.88. The molecule has 134 valence electrons. The Hall–Kier alpha value is -1.45. The first-order valence-corrected chi connectivity index (χ1v) is 9.33. The van der Waals surface area contributed by atoms with E-state index in [1.165, 1.54) is 5.56 Å². The van der Waals surface area contributed by atoms with Crippen molar-refractivity contribution in [3.63, 3.8) is 0 Å². The van der Waals surface area contributed by atoms with E-state index in [1.54, 1.807) is 0 Å². The van der Waals surface area contributed by atoms with Crippen molar-refractivity contribution in [1.82, 2.24) is 4.90 Å². The SMILES string of the molecule is N#Cc1cccc(CN2C[C@@H](OCC3CCOCC3)[C@@H]3COC[C@@H]32)c1. The van der Waals surface area contributed by atoms with Gasteiger partial charge in [0, 0.05) is 38.3 Å². The fourth-order valence-corrected chi connectivity index (χ4v) is 4.30. The number of nitriles is 1. The number of likely N-dealkylation sites (tertiary alicyclic amines) is 1. The molecule has 0 unspecified atom stereocenters. The molecule has 25 heavy (non-hydrogen) atoms. The predicted octanol–water partition coefficient (Wildman–Crippen LogP) is 2.20. The lowest BCUT2D eigenvalue weighted by molar-refractivity contribution is -0.0259. The second-order valence-electron chi connectivity index (χ2n) is 7.44. The molecule has 3 saturated heterocycles. The van der Waals surface area contributed by atoms with Gasteiger partial charge in [-0.25, -0.2) is 0 Å². The van der Waals surface area contributed by atoms with Gasteiger partial charge in [0.05, 0.1) is 37.6 Å². The van der Waals surface area contributed by atoms with E-state index in [0.717, 1.165) is 64.5 Å². The van der Waals surface area contributed by atoms with Crippen molar-refractivity contribution >= 4 is 0 Å². The minimum Gasteiger partial charge on any atom is -0.381 e. The summed E-state index contributed by atoms with van der Waals surface area (Å²) in [5.74, 6) is 1.11. The van der Waals surface area contributed by atoms with Crippen LogP contribution in [0.4, 0.5) is 0 Å². The molecular weight excluding hydrogens is 316 g/mol. The van der Waals surface area contributed by atoms with Crippen molar-refractivity contribution in [2.24, 2.45) is 11.8 Å². The van der Waals surface area contributed by atoms with Gasteiger partial charge in [-0.1, -0.05) is 12.1 Å². The molecule has 3 aliphatic rings. The zero-order valence-electron chi connectivity index (χ0n) is 14.6. The van der Waals surface area contributed by atoms with E-state index in [-0.39, 0.29) is 6.10 Å². The largest absolute Gasteiger partial charge is 0.381 e. The van der Waals surface area contributed by atoms with Crippen LogP contribution in [-0.2, 0) is 20.8 Å². The molecule has 0 N–H and O–H groups in total. The molecule has 0 saturated carbocycles. The maximum atomic E-state index is 9.10. The lowest BCUT2D eigenvalue weighted by Gasteiger charge is -2.25.